The Morgan fingerprint density at radius 3 is 2.57 bits per heavy atom. The van der Waals surface area contributed by atoms with Gasteiger partial charge in [-0.05, 0) is 18.4 Å². The Morgan fingerprint density at radius 1 is 1.19 bits per heavy atom. The lowest BCUT2D eigenvalue weighted by atomic mass is 10.1. The zero-order valence-corrected chi connectivity index (χ0v) is 12.5. The van der Waals surface area contributed by atoms with Crippen LogP contribution in [0.1, 0.15) is 12.8 Å². The summed E-state index contributed by atoms with van der Waals surface area (Å²) in [5, 5.41) is 0.0735. The van der Waals surface area contributed by atoms with Crippen LogP contribution in [0.2, 0.25) is 5.15 Å². The first kappa shape index (κ1) is 15.5. The van der Waals surface area contributed by atoms with Gasteiger partial charge in [-0.25, -0.2) is 4.79 Å². The van der Waals surface area contributed by atoms with Crippen LogP contribution in [-0.2, 0) is 11.3 Å². The summed E-state index contributed by atoms with van der Waals surface area (Å²) in [7, 11) is 1.62. The molecule has 1 heterocycles. The lowest BCUT2D eigenvalue weighted by Gasteiger charge is -2.09. The first-order chi connectivity index (χ1) is 10.1. The number of nitrogens with zero attached hydrogens (tertiary/aromatic N) is 1. The molecule has 0 amide bonds. The van der Waals surface area contributed by atoms with Crippen LogP contribution < -0.4 is 11.2 Å². The maximum Gasteiger partial charge on any atom is 0.329 e. The molecule has 0 spiro atoms. The van der Waals surface area contributed by atoms with Crippen LogP contribution in [0.25, 0.3) is 11.1 Å². The molecular formula is C15H17ClN2O3. The molecule has 0 atom stereocenters. The number of unbranched alkanes of at least 4 members (excludes halogenated alkanes) is 1. The third-order valence-electron chi connectivity index (χ3n) is 3.18. The molecule has 0 unspecified atom stereocenters. The Kier molecular flexibility index (Phi) is 5.36. The minimum Gasteiger partial charge on any atom is -0.385 e. The molecule has 0 radical (unpaired) electrons. The minimum absolute atomic E-state index is 0.0735. The summed E-state index contributed by atoms with van der Waals surface area (Å²) in [5.41, 5.74) is 0.160. The van der Waals surface area contributed by atoms with Crippen LogP contribution in [0.15, 0.2) is 39.9 Å². The van der Waals surface area contributed by atoms with Crippen LogP contribution >= 0.6 is 11.6 Å². The van der Waals surface area contributed by atoms with Gasteiger partial charge in [0.15, 0.2) is 0 Å². The Bertz CT molecular complexity index is 707. The molecule has 5 nitrogen and oxygen atoms in total. The van der Waals surface area contributed by atoms with E-state index in [9.17, 15) is 9.59 Å². The maximum absolute atomic E-state index is 12.5. The Morgan fingerprint density at radius 2 is 1.90 bits per heavy atom. The number of rotatable bonds is 6. The second kappa shape index (κ2) is 7.24. The summed E-state index contributed by atoms with van der Waals surface area (Å²) in [6, 6.07) is 9.07. The van der Waals surface area contributed by atoms with Gasteiger partial charge in [0.05, 0.1) is 5.56 Å². The van der Waals surface area contributed by atoms with Crippen molar-refractivity contribution in [3.05, 3.63) is 56.3 Å². The molecule has 0 fully saturated rings. The molecule has 0 bridgehead atoms. The molecule has 6 heteroatoms. The van der Waals surface area contributed by atoms with E-state index < -0.39 is 5.69 Å². The molecule has 2 rings (SSSR count). The van der Waals surface area contributed by atoms with Gasteiger partial charge < -0.3 is 4.74 Å². The number of H-pyrrole nitrogens is 1. The molecular weight excluding hydrogens is 292 g/mol. The maximum atomic E-state index is 12.5. The lowest BCUT2D eigenvalue weighted by Crippen LogP contribution is -2.36. The second-order valence-corrected chi connectivity index (χ2v) is 5.02. The van der Waals surface area contributed by atoms with Crippen LogP contribution in [0.4, 0.5) is 0 Å². The number of benzene rings is 1. The molecule has 1 aromatic heterocycles. The topological polar surface area (TPSA) is 64.1 Å². The fourth-order valence-corrected chi connectivity index (χ4v) is 2.39. The predicted octanol–water partition coefficient (Wildman–Crippen LogP) is 2.28. The van der Waals surface area contributed by atoms with Gasteiger partial charge in [0, 0.05) is 20.3 Å². The van der Waals surface area contributed by atoms with Crippen molar-refractivity contribution < 1.29 is 4.74 Å². The Balaban J connectivity index is 2.39. The smallest absolute Gasteiger partial charge is 0.329 e. The van der Waals surface area contributed by atoms with E-state index in [1.165, 1.54) is 4.57 Å². The van der Waals surface area contributed by atoms with Crippen molar-refractivity contribution >= 4 is 11.6 Å². The van der Waals surface area contributed by atoms with Crippen LogP contribution in [-0.4, -0.2) is 23.3 Å². The quantitative estimate of drug-likeness (QED) is 0.658. The van der Waals surface area contributed by atoms with Crippen LogP contribution in [0.3, 0.4) is 0 Å². The molecule has 0 aliphatic rings. The summed E-state index contributed by atoms with van der Waals surface area (Å²) in [6.07, 6.45) is 1.47. The van der Waals surface area contributed by atoms with Crippen molar-refractivity contribution in [2.45, 2.75) is 19.4 Å². The zero-order chi connectivity index (χ0) is 15.2. The molecule has 112 valence electrons. The van der Waals surface area contributed by atoms with Crippen LogP contribution in [0.5, 0.6) is 0 Å². The number of aromatic amines is 1. The summed E-state index contributed by atoms with van der Waals surface area (Å²) in [4.78, 5) is 26.9. The van der Waals surface area contributed by atoms with E-state index in [0.717, 1.165) is 6.42 Å². The molecule has 0 aliphatic carbocycles. The van der Waals surface area contributed by atoms with E-state index in [1.807, 2.05) is 18.2 Å². The fourth-order valence-electron chi connectivity index (χ4n) is 2.12. The Hall–Kier alpha value is -1.85. The van der Waals surface area contributed by atoms with Gasteiger partial charge in [-0.1, -0.05) is 41.9 Å². The highest BCUT2D eigenvalue weighted by atomic mass is 35.5. The summed E-state index contributed by atoms with van der Waals surface area (Å²) >= 11 is 6.04. The fraction of sp³-hybridized carbons (Fsp3) is 0.333. The zero-order valence-electron chi connectivity index (χ0n) is 11.8. The molecule has 21 heavy (non-hydrogen) atoms. The van der Waals surface area contributed by atoms with E-state index in [1.54, 1.807) is 19.2 Å². The van der Waals surface area contributed by atoms with Crippen molar-refractivity contribution in [1.82, 2.24) is 9.55 Å². The molecule has 1 aromatic carbocycles. The third kappa shape index (κ3) is 3.62. The SMILES string of the molecule is COCCCCn1c(=O)[nH]c(Cl)c(-c2ccccc2)c1=O. The van der Waals surface area contributed by atoms with Crippen molar-refractivity contribution in [1.29, 1.82) is 0 Å². The van der Waals surface area contributed by atoms with Gasteiger partial charge >= 0.3 is 5.69 Å². The van der Waals surface area contributed by atoms with Gasteiger partial charge in [0.2, 0.25) is 0 Å². The highest BCUT2D eigenvalue weighted by molar-refractivity contribution is 6.32. The molecule has 0 aliphatic heterocycles. The second-order valence-electron chi connectivity index (χ2n) is 4.64. The molecule has 2 aromatic rings. The number of methoxy groups -OCH3 is 1. The van der Waals surface area contributed by atoms with Gasteiger partial charge in [0.25, 0.3) is 5.56 Å². The summed E-state index contributed by atoms with van der Waals surface area (Å²) < 4.78 is 6.14. The number of aromatic nitrogens is 2. The van der Waals surface area contributed by atoms with E-state index in [-0.39, 0.29) is 10.7 Å². The van der Waals surface area contributed by atoms with Gasteiger partial charge in [-0.3, -0.25) is 14.3 Å². The summed E-state index contributed by atoms with van der Waals surface area (Å²) in [6.45, 7) is 0.945. The average Bonchev–Trinajstić information content (AvgIpc) is 2.47. The number of halogens is 1. The van der Waals surface area contributed by atoms with Crippen molar-refractivity contribution in [3.8, 4) is 11.1 Å². The molecule has 0 saturated carbocycles. The highest BCUT2D eigenvalue weighted by Crippen LogP contribution is 2.20. The van der Waals surface area contributed by atoms with Gasteiger partial charge in [0.1, 0.15) is 5.15 Å². The van der Waals surface area contributed by atoms with Crippen LogP contribution in [0, 0.1) is 0 Å². The van der Waals surface area contributed by atoms with Crippen molar-refractivity contribution in [3.63, 3.8) is 0 Å². The van der Waals surface area contributed by atoms with Gasteiger partial charge in [-0.15, -0.1) is 0 Å². The average molecular weight is 309 g/mol. The normalized spacial score (nSPS) is 10.8. The number of hydrogen-bond acceptors (Lipinski definition) is 3. The standard InChI is InChI=1S/C15H17ClN2O3/c1-21-10-6-5-9-18-14(19)12(13(16)17-15(18)20)11-7-3-2-4-8-11/h2-4,7-8H,5-6,9-10H2,1H3,(H,17,20). The first-order valence-electron chi connectivity index (χ1n) is 6.72. The van der Waals surface area contributed by atoms with E-state index >= 15 is 0 Å². The van der Waals surface area contributed by atoms with Gasteiger partial charge in [-0.2, -0.15) is 0 Å². The van der Waals surface area contributed by atoms with Crippen molar-refractivity contribution in [2.24, 2.45) is 0 Å². The van der Waals surface area contributed by atoms with E-state index in [0.29, 0.717) is 30.7 Å². The van der Waals surface area contributed by atoms with E-state index in [2.05, 4.69) is 4.98 Å². The monoisotopic (exact) mass is 308 g/mol. The number of ether oxygens (including phenoxy) is 1. The molecule has 0 saturated heterocycles. The largest absolute Gasteiger partial charge is 0.385 e. The minimum atomic E-state index is -0.484. The highest BCUT2D eigenvalue weighted by Gasteiger charge is 2.14. The van der Waals surface area contributed by atoms with Crippen molar-refractivity contribution in [2.75, 3.05) is 13.7 Å². The third-order valence-corrected chi connectivity index (χ3v) is 3.47. The summed E-state index contributed by atoms with van der Waals surface area (Å²) in [5.74, 6) is 0. The lowest BCUT2D eigenvalue weighted by molar-refractivity contribution is 0.191. The first-order valence-corrected chi connectivity index (χ1v) is 7.10. The predicted molar refractivity (Wildman–Crippen MR) is 82.9 cm³/mol. The number of nitrogens with one attached hydrogen (secondary N) is 1. The Labute approximate surface area is 127 Å². The number of hydrogen-bond donors (Lipinski definition) is 1. The molecule has 1 N–H and O–H groups in total. The van der Waals surface area contributed by atoms with E-state index in [4.69, 9.17) is 16.3 Å².